The zero-order valence-corrected chi connectivity index (χ0v) is 6.42. The molecule has 57 valence electrons. The lowest BCUT2D eigenvalue weighted by Gasteiger charge is -2.16. The van der Waals surface area contributed by atoms with Gasteiger partial charge in [-0.1, -0.05) is 0 Å². The van der Waals surface area contributed by atoms with E-state index in [-0.39, 0.29) is 11.9 Å². The van der Waals surface area contributed by atoms with Crippen LogP contribution in [0.5, 0.6) is 0 Å². The first-order valence-electron chi connectivity index (χ1n) is 3.51. The van der Waals surface area contributed by atoms with Gasteiger partial charge in [0.25, 0.3) is 0 Å². The summed E-state index contributed by atoms with van der Waals surface area (Å²) in [6.07, 6.45) is 3.06. The van der Waals surface area contributed by atoms with E-state index in [0.717, 1.165) is 13.0 Å². The molecule has 1 rings (SSSR count). The van der Waals surface area contributed by atoms with E-state index in [1.165, 1.54) is 0 Å². The fourth-order valence-corrected chi connectivity index (χ4v) is 1.21. The molecule has 3 nitrogen and oxygen atoms in total. The van der Waals surface area contributed by atoms with Crippen LogP contribution in [0.1, 0.15) is 6.42 Å². The van der Waals surface area contributed by atoms with Crippen LogP contribution < -0.4 is 5.32 Å². The van der Waals surface area contributed by atoms with Crippen molar-refractivity contribution in [1.82, 2.24) is 10.2 Å². The number of likely N-dealkylation sites (N-methyl/N-ethyl adjacent to an activating group) is 2. The standard InChI is InChI=1S/C7H13N2O/c1-8-7(10)6-4-3-5-9(6)2/h4,6H,3,5H2,1-2H3,(H,8,10). The van der Waals surface area contributed by atoms with Crippen molar-refractivity contribution in [1.29, 1.82) is 0 Å². The number of nitrogens with one attached hydrogen (secondary N) is 1. The average molecular weight is 141 g/mol. The molecule has 1 N–H and O–H groups in total. The minimum atomic E-state index is 0.00463. The van der Waals surface area contributed by atoms with Crippen molar-refractivity contribution in [2.24, 2.45) is 0 Å². The lowest BCUT2D eigenvalue weighted by Crippen LogP contribution is -2.39. The molecular formula is C7H13N2O. The number of likely N-dealkylation sites (tertiary alicyclic amines) is 1. The van der Waals surface area contributed by atoms with Gasteiger partial charge in [0.2, 0.25) is 5.91 Å². The number of nitrogens with zero attached hydrogens (tertiary/aromatic N) is 1. The second-order valence-corrected chi connectivity index (χ2v) is 2.56. The van der Waals surface area contributed by atoms with Crippen LogP contribution in [0, 0.1) is 6.42 Å². The van der Waals surface area contributed by atoms with Gasteiger partial charge in [-0.15, -0.1) is 0 Å². The number of hydrogen-bond donors (Lipinski definition) is 1. The molecule has 0 aromatic rings. The average Bonchev–Trinajstić information content (AvgIpc) is 2.34. The van der Waals surface area contributed by atoms with Gasteiger partial charge in [0.1, 0.15) is 0 Å². The molecule has 0 saturated carbocycles. The Hall–Kier alpha value is -0.570. The predicted molar refractivity (Wildman–Crippen MR) is 39.4 cm³/mol. The highest BCUT2D eigenvalue weighted by atomic mass is 16.2. The van der Waals surface area contributed by atoms with Crippen molar-refractivity contribution in [2.45, 2.75) is 12.5 Å². The first-order valence-corrected chi connectivity index (χ1v) is 3.51. The maximum absolute atomic E-state index is 11.0. The minimum absolute atomic E-state index is 0.00463. The molecule has 3 heteroatoms. The molecule has 0 aromatic heterocycles. The third-order valence-corrected chi connectivity index (χ3v) is 1.86. The number of rotatable bonds is 1. The Bertz CT molecular complexity index is 136. The summed E-state index contributed by atoms with van der Waals surface area (Å²) < 4.78 is 0. The minimum Gasteiger partial charge on any atom is -0.358 e. The maximum atomic E-state index is 11.0. The van der Waals surface area contributed by atoms with Crippen LogP contribution in [-0.2, 0) is 4.79 Å². The van der Waals surface area contributed by atoms with Crippen molar-refractivity contribution in [3.63, 3.8) is 0 Å². The zero-order valence-electron chi connectivity index (χ0n) is 6.42. The molecule has 0 aromatic carbocycles. The number of carbonyl (C=O) groups is 1. The van der Waals surface area contributed by atoms with E-state index in [9.17, 15) is 4.79 Å². The SMILES string of the molecule is CNC(=O)C1[CH]CCN1C. The molecule has 1 unspecified atom stereocenters. The zero-order chi connectivity index (χ0) is 7.56. The molecule has 1 aliphatic rings. The summed E-state index contributed by atoms with van der Waals surface area (Å²) in [5, 5.41) is 2.63. The van der Waals surface area contributed by atoms with E-state index in [1.807, 2.05) is 18.4 Å². The number of hydrogen-bond acceptors (Lipinski definition) is 2. The second-order valence-electron chi connectivity index (χ2n) is 2.56. The smallest absolute Gasteiger partial charge is 0.237 e. The van der Waals surface area contributed by atoms with E-state index in [4.69, 9.17) is 0 Å². The summed E-state index contributed by atoms with van der Waals surface area (Å²) in [7, 11) is 3.63. The summed E-state index contributed by atoms with van der Waals surface area (Å²) in [5.74, 6) is 0.0972. The molecule has 1 saturated heterocycles. The quantitative estimate of drug-likeness (QED) is 0.541. The van der Waals surface area contributed by atoms with E-state index < -0.39 is 0 Å². The molecule has 1 radical (unpaired) electrons. The van der Waals surface area contributed by atoms with E-state index in [1.54, 1.807) is 7.05 Å². The van der Waals surface area contributed by atoms with Crippen LogP contribution in [0.3, 0.4) is 0 Å². The van der Waals surface area contributed by atoms with Crippen molar-refractivity contribution in [3.8, 4) is 0 Å². The number of carbonyl (C=O) groups excluding carboxylic acids is 1. The fourth-order valence-electron chi connectivity index (χ4n) is 1.21. The van der Waals surface area contributed by atoms with Gasteiger partial charge in [-0.05, 0) is 26.4 Å². The van der Waals surface area contributed by atoms with Gasteiger partial charge in [0.15, 0.2) is 0 Å². The fraction of sp³-hybridized carbons (Fsp3) is 0.714. The first kappa shape index (κ1) is 7.54. The van der Waals surface area contributed by atoms with Gasteiger partial charge in [0, 0.05) is 7.05 Å². The highest BCUT2D eigenvalue weighted by Crippen LogP contribution is 2.12. The molecule has 0 spiro atoms. The van der Waals surface area contributed by atoms with Crippen LogP contribution in [0.2, 0.25) is 0 Å². The van der Waals surface area contributed by atoms with Crippen LogP contribution >= 0.6 is 0 Å². The summed E-state index contributed by atoms with van der Waals surface area (Å²) >= 11 is 0. The van der Waals surface area contributed by atoms with Crippen molar-refractivity contribution in [2.75, 3.05) is 20.6 Å². The molecular weight excluding hydrogens is 128 g/mol. The summed E-state index contributed by atoms with van der Waals surface area (Å²) in [6.45, 7) is 0.998. The van der Waals surface area contributed by atoms with Crippen LogP contribution in [0.4, 0.5) is 0 Å². The Morgan fingerprint density at radius 3 is 2.90 bits per heavy atom. The Kier molecular flexibility index (Phi) is 2.27. The first-order chi connectivity index (χ1) is 4.75. The van der Waals surface area contributed by atoms with Gasteiger partial charge < -0.3 is 5.32 Å². The van der Waals surface area contributed by atoms with Crippen LogP contribution in [0.15, 0.2) is 0 Å². The molecule has 1 fully saturated rings. The van der Waals surface area contributed by atoms with Gasteiger partial charge >= 0.3 is 0 Å². The Balaban J connectivity index is 2.46. The van der Waals surface area contributed by atoms with Gasteiger partial charge in [-0.3, -0.25) is 9.69 Å². The van der Waals surface area contributed by atoms with Gasteiger partial charge in [-0.25, -0.2) is 0 Å². The van der Waals surface area contributed by atoms with E-state index in [2.05, 4.69) is 5.32 Å². The Labute approximate surface area is 61.4 Å². The highest BCUT2D eigenvalue weighted by molar-refractivity contribution is 5.83. The molecule has 1 atom stereocenters. The van der Waals surface area contributed by atoms with Crippen molar-refractivity contribution >= 4 is 5.91 Å². The monoisotopic (exact) mass is 141 g/mol. The van der Waals surface area contributed by atoms with E-state index in [0.29, 0.717) is 0 Å². The third-order valence-electron chi connectivity index (χ3n) is 1.86. The maximum Gasteiger partial charge on any atom is 0.237 e. The second kappa shape index (κ2) is 3.01. The molecule has 0 bridgehead atoms. The lowest BCUT2D eigenvalue weighted by molar-refractivity contribution is -0.123. The Morgan fingerprint density at radius 2 is 2.50 bits per heavy atom. The summed E-state index contributed by atoms with van der Waals surface area (Å²) in [4.78, 5) is 13.1. The highest BCUT2D eigenvalue weighted by Gasteiger charge is 2.26. The van der Waals surface area contributed by atoms with Crippen LogP contribution in [-0.4, -0.2) is 37.5 Å². The summed E-state index contributed by atoms with van der Waals surface area (Å²) in [5.41, 5.74) is 0. The topological polar surface area (TPSA) is 32.3 Å². The molecule has 0 aliphatic carbocycles. The molecule has 1 aliphatic heterocycles. The largest absolute Gasteiger partial charge is 0.358 e. The van der Waals surface area contributed by atoms with Crippen molar-refractivity contribution < 1.29 is 4.79 Å². The number of amides is 1. The molecule has 1 heterocycles. The van der Waals surface area contributed by atoms with Crippen molar-refractivity contribution in [3.05, 3.63) is 6.42 Å². The third kappa shape index (κ3) is 1.29. The molecule has 1 amide bonds. The normalized spacial score (nSPS) is 26.8. The van der Waals surface area contributed by atoms with Gasteiger partial charge in [0.05, 0.1) is 6.04 Å². The lowest BCUT2D eigenvalue weighted by atomic mass is 10.2. The molecule has 10 heavy (non-hydrogen) atoms. The van der Waals surface area contributed by atoms with Gasteiger partial charge in [-0.2, -0.15) is 0 Å². The Morgan fingerprint density at radius 1 is 1.80 bits per heavy atom. The predicted octanol–water partition coefficient (Wildman–Crippen LogP) is -0.359. The summed E-state index contributed by atoms with van der Waals surface area (Å²) in [6, 6.07) is 0.00463. The van der Waals surface area contributed by atoms with E-state index >= 15 is 0 Å². The van der Waals surface area contributed by atoms with Crippen LogP contribution in [0.25, 0.3) is 0 Å².